The molecule has 132 valence electrons. The average Bonchev–Trinajstić information content (AvgIpc) is 2.75. The predicted molar refractivity (Wildman–Crippen MR) is 97.6 cm³/mol. The van der Waals surface area contributed by atoms with Gasteiger partial charge < -0.3 is 14.0 Å². The molecular formula is C20H24BFO3. The Hall–Kier alpha value is -1.85. The van der Waals surface area contributed by atoms with Crippen molar-refractivity contribution in [2.75, 3.05) is 0 Å². The number of benzene rings is 2. The molecule has 1 fully saturated rings. The van der Waals surface area contributed by atoms with Gasteiger partial charge in [0.2, 0.25) is 0 Å². The largest absolute Gasteiger partial charge is 0.494 e. The first-order valence-corrected chi connectivity index (χ1v) is 8.51. The standard InChI is InChI=1S/C20H24BFO3/c1-14-12-17(22)9-6-15(14)13-23-18-10-7-16(8-11-18)21-24-19(2,3)20(4,5)25-21/h6-12H,13H2,1-5H3. The Labute approximate surface area is 149 Å². The zero-order valence-corrected chi connectivity index (χ0v) is 15.4. The van der Waals surface area contributed by atoms with Crippen molar-refractivity contribution in [1.29, 1.82) is 0 Å². The highest BCUT2D eigenvalue weighted by molar-refractivity contribution is 6.62. The van der Waals surface area contributed by atoms with Gasteiger partial charge in [-0.25, -0.2) is 4.39 Å². The topological polar surface area (TPSA) is 27.7 Å². The minimum atomic E-state index is -0.376. The van der Waals surface area contributed by atoms with Crippen molar-refractivity contribution in [2.24, 2.45) is 0 Å². The molecule has 0 N–H and O–H groups in total. The maximum absolute atomic E-state index is 13.1. The maximum Gasteiger partial charge on any atom is 0.494 e. The summed E-state index contributed by atoms with van der Waals surface area (Å²) < 4.78 is 31.1. The number of aryl methyl sites for hydroxylation is 1. The molecule has 1 heterocycles. The van der Waals surface area contributed by atoms with Gasteiger partial charge in [0, 0.05) is 0 Å². The fourth-order valence-electron chi connectivity index (χ4n) is 2.68. The number of hydrogen-bond acceptors (Lipinski definition) is 3. The van der Waals surface area contributed by atoms with Crippen LogP contribution in [0.4, 0.5) is 4.39 Å². The van der Waals surface area contributed by atoms with E-state index in [1.807, 2.05) is 58.9 Å². The van der Waals surface area contributed by atoms with Crippen molar-refractivity contribution < 1.29 is 18.4 Å². The molecule has 0 amide bonds. The van der Waals surface area contributed by atoms with Gasteiger partial charge in [-0.05, 0) is 75.5 Å². The minimum absolute atomic E-state index is 0.229. The quantitative estimate of drug-likeness (QED) is 0.786. The molecule has 0 bridgehead atoms. The molecule has 2 aromatic carbocycles. The molecule has 0 radical (unpaired) electrons. The second kappa shape index (κ2) is 6.47. The average molecular weight is 342 g/mol. The third-order valence-corrected chi connectivity index (χ3v) is 5.10. The van der Waals surface area contributed by atoms with E-state index < -0.39 is 0 Å². The molecule has 0 atom stereocenters. The van der Waals surface area contributed by atoms with Gasteiger partial charge in [0.25, 0.3) is 0 Å². The van der Waals surface area contributed by atoms with Crippen LogP contribution in [0.25, 0.3) is 0 Å². The van der Waals surface area contributed by atoms with E-state index in [0.717, 1.165) is 22.3 Å². The minimum Gasteiger partial charge on any atom is -0.489 e. The van der Waals surface area contributed by atoms with Crippen LogP contribution >= 0.6 is 0 Å². The normalized spacial score (nSPS) is 18.4. The van der Waals surface area contributed by atoms with E-state index in [-0.39, 0.29) is 24.1 Å². The maximum atomic E-state index is 13.1. The smallest absolute Gasteiger partial charge is 0.489 e. The Kier molecular flexibility index (Phi) is 4.65. The summed E-state index contributed by atoms with van der Waals surface area (Å²) in [4.78, 5) is 0. The number of halogens is 1. The fraction of sp³-hybridized carbons (Fsp3) is 0.400. The number of ether oxygens (including phenoxy) is 1. The molecule has 2 aromatic rings. The molecule has 0 aliphatic carbocycles. The number of hydrogen-bond donors (Lipinski definition) is 0. The van der Waals surface area contributed by atoms with Crippen molar-refractivity contribution >= 4 is 12.6 Å². The molecule has 1 aliphatic heterocycles. The molecular weight excluding hydrogens is 318 g/mol. The Morgan fingerprint density at radius 1 is 0.960 bits per heavy atom. The van der Waals surface area contributed by atoms with Crippen molar-refractivity contribution in [3.63, 3.8) is 0 Å². The summed E-state index contributed by atoms with van der Waals surface area (Å²) in [5, 5.41) is 0. The Morgan fingerprint density at radius 3 is 2.12 bits per heavy atom. The summed E-state index contributed by atoms with van der Waals surface area (Å²) in [5.74, 6) is 0.525. The van der Waals surface area contributed by atoms with Gasteiger partial charge in [0.05, 0.1) is 11.2 Å². The zero-order chi connectivity index (χ0) is 18.2. The van der Waals surface area contributed by atoms with Crippen molar-refractivity contribution in [2.45, 2.75) is 52.4 Å². The lowest BCUT2D eigenvalue weighted by Crippen LogP contribution is -2.41. The van der Waals surface area contributed by atoms with Gasteiger partial charge in [-0.2, -0.15) is 0 Å². The van der Waals surface area contributed by atoms with Gasteiger partial charge >= 0.3 is 7.12 Å². The van der Waals surface area contributed by atoms with E-state index in [2.05, 4.69) is 0 Å². The monoisotopic (exact) mass is 342 g/mol. The molecule has 5 heteroatoms. The Bertz CT molecular complexity index is 740. The molecule has 3 rings (SSSR count). The van der Waals surface area contributed by atoms with Crippen LogP contribution in [-0.2, 0) is 15.9 Å². The third kappa shape index (κ3) is 3.72. The highest BCUT2D eigenvalue weighted by Crippen LogP contribution is 2.36. The summed E-state index contributed by atoms with van der Waals surface area (Å²) in [6.45, 7) is 10.4. The first-order chi connectivity index (χ1) is 11.7. The molecule has 0 spiro atoms. The fourth-order valence-corrected chi connectivity index (χ4v) is 2.68. The van der Waals surface area contributed by atoms with Crippen LogP contribution in [0.2, 0.25) is 0 Å². The van der Waals surface area contributed by atoms with Gasteiger partial charge in [-0.15, -0.1) is 0 Å². The van der Waals surface area contributed by atoms with E-state index >= 15 is 0 Å². The first kappa shape index (κ1) is 18.0. The highest BCUT2D eigenvalue weighted by Gasteiger charge is 2.51. The van der Waals surface area contributed by atoms with E-state index in [1.165, 1.54) is 12.1 Å². The van der Waals surface area contributed by atoms with E-state index in [1.54, 1.807) is 6.07 Å². The summed E-state index contributed by atoms with van der Waals surface area (Å²) in [5.41, 5.74) is 2.11. The van der Waals surface area contributed by atoms with E-state index in [9.17, 15) is 4.39 Å². The van der Waals surface area contributed by atoms with Crippen LogP contribution in [0.5, 0.6) is 5.75 Å². The predicted octanol–water partition coefficient (Wildman–Crippen LogP) is 4.01. The second-order valence-corrected chi connectivity index (χ2v) is 7.52. The van der Waals surface area contributed by atoms with E-state index in [4.69, 9.17) is 14.0 Å². The van der Waals surface area contributed by atoms with Crippen molar-refractivity contribution in [3.05, 3.63) is 59.4 Å². The summed E-state index contributed by atoms with van der Waals surface area (Å²) in [6, 6.07) is 12.4. The Balaban J connectivity index is 1.65. The van der Waals surface area contributed by atoms with Crippen LogP contribution in [-0.4, -0.2) is 18.3 Å². The summed E-state index contributed by atoms with van der Waals surface area (Å²) >= 11 is 0. The van der Waals surface area contributed by atoms with Crippen LogP contribution in [0.3, 0.4) is 0 Å². The van der Waals surface area contributed by atoms with Crippen LogP contribution in [0.15, 0.2) is 42.5 Å². The van der Waals surface area contributed by atoms with Crippen molar-refractivity contribution in [3.8, 4) is 5.75 Å². The highest BCUT2D eigenvalue weighted by atomic mass is 19.1. The third-order valence-electron chi connectivity index (χ3n) is 5.10. The van der Waals surface area contributed by atoms with Crippen LogP contribution in [0.1, 0.15) is 38.8 Å². The first-order valence-electron chi connectivity index (χ1n) is 8.51. The molecule has 1 aliphatic rings. The molecule has 0 saturated carbocycles. The lowest BCUT2D eigenvalue weighted by molar-refractivity contribution is 0.00578. The summed E-state index contributed by atoms with van der Waals surface area (Å²) in [6.07, 6.45) is 0. The van der Waals surface area contributed by atoms with Crippen LogP contribution < -0.4 is 10.2 Å². The lowest BCUT2D eigenvalue weighted by Gasteiger charge is -2.32. The summed E-state index contributed by atoms with van der Waals surface area (Å²) in [7, 11) is -0.376. The SMILES string of the molecule is Cc1cc(F)ccc1COc1ccc(B2OC(C)(C)C(C)(C)O2)cc1. The molecule has 25 heavy (non-hydrogen) atoms. The molecule has 1 saturated heterocycles. The van der Waals surface area contributed by atoms with Gasteiger partial charge in [-0.1, -0.05) is 18.2 Å². The molecule has 3 nitrogen and oxygen atoms in total. The lowest BCUT2D eigenvalue weighted by atomic mass is 9.79. The molecule has 0 unspecified atom stereocenters. The zero-order valence-electron chi connectivity index (χ0n) is 15.4. The van der Waals surface area contributed by atoms with Gasteiger partial charge in [0.15, 0.2) is 0 Å². The van der Waals surface area contributed by atoms with Crippen LogP contribution in [0, 0.1) is 12.7 Å². The van der Waals surface area contributed by atoms with Crippen molar-refractivity contribution in [1.82, 2.24) is 0 Å². The Morgan fingerprint density at radius 2 is 1.56 bits per heavy atom. The molecule has 0 aromatic heterocycles. The van der Waals surface area contributed by atoms with Gasteiger partial charge in [0.1, 0.15) is 18.2 Å². The second-order valence-electron chi connectivity index (χ2n) is 7.52. The number of rotatable bonds is 4. The van der Waals surface area contributed by atoms with E-state index in [0.29, 0.717) is 6.61 Å². The van der Waals surface area contributed by atoms with Gasteiger partial charge in [-0.3, -0.25) is 0 Å².